The Bertz CT molecular complexity index is 951. The highest BCUT2D eigenvalue weighted by Crippen LogP contribution is 2.18. The summed E-state index contributed by atoms with van der Waals surface area (Å²) in [7, 11) is 1.78. The largest absolute Gasteiger partial charge is 0.444 e. The fraction of sp³-hybridized carbons (Fsp3) is 0.304. The Morgan fingerprint density at radius 3 is 2.69 bits per heavy atom. The highest BCUT2D eigenvalue weighted by atomic mass is 16.3. The maximum Gasteiger partial charge on any atom is 0.226 e. The number of aliphatic imine (C=N–C) groups is 1. The van der Waals surface area contributed by atoms with Gasteiger partial charge in [0.05, 0.1) is 12.2 Å². The number of hydrogen-bond donors (Lipinski definition) is 2. The first-order valence-electron chi connectivity index (χ1n) is 10.1. The Labute approximate surface area is 171 Å². The lowest BCUT2D eigenvalue weighted by atomic mass is 10.00. The SMILES string of the molecule is CN=C(NCCN1CCc2ccccc2C1)NCc1coc(-c2ccccc2)n1. The third kappa shape index (κ3) is 5.03. The van der Waals surface area contributed by atoms with Crippen molar-refractivity contribution >= 4 is 5.96 Å². The summed E-state index contributed by atoms with van der Waals surface area (Å²) in [5.41, 5.74) is 4.75. The summed E-state index contributed by atoms with van der Waals surface area (Å²) in [6.07, 6.45) is 2.81. The standard InChI is InChI=1S/C23H27N5O/c1-24-23(25-12-14-28-13-11-18-7-5-6-10-20(18)16-28)26-15-21-17-29-22(27-21)19-8-3-2-4-9-19/h2-10,17H,11-16H2,1H3,(H2,24,25,26). The topological polar surface area (TPSA) is 65.7 Å². The Kier molecular flexibility index (Phi) is 6.22. The van der Waals surface area contributed by atoms with E-state index in [4.69, 9.17) is 4.42 Å². The van der Waals surface area contributed by atoms with Crippen molar-refractivity contribution < 1.29 is 4.42 Å². The van der Waals surface area contributed by atoms with Crippen LogP contribution < -0.4 is 10.6 Å². The average molecular weight is 390 g/mol. The van der Waals surface area contributed by atoms with Gasteiger partial charge in [-0.15, -0.1) is 0 Å². The molecule has 0 fully saturated rings. The summed E-state index contributed by atoms with van der Waals surface area (Å²) >= 11 is 0. The molecule has 1 aliphatic heterocycles. The van der Waals surface area contributed by atoms with E-state index in [1.165, 1.54) is 11.1 Å². The van der Waals surface area contributed by atoms with Gasteiger partial charge >= 0.3 is 0 Å². The van der Waals surface area contributed by atoms with Crippen LogP contribution in [0.1, 0.15) is 16.8 Å². The van der Waals surface area contributed by atoms with Crippen LogP contribution in [0.25, 0.3) is 11.5 Å². The smallest absolute Gasteiger partial charge is 0.226 e. The van der Waals surface area contributed by atoms with Gasteiger partial charge in [0, 0.05) is 38.8 Å². The van der Waals surface area contributed by atoms with Crippen LogP contribution in [0.3, 0.4) is 0 Å². The minimum absolute atomic E-state index is 0.563. The first-order valence-corrected chi connectivity index (χ1v) is 10.1. The maximum absolute atomic E-state index is 5.59. The summed E-state index contributed by atoms with van der Waals surface area (Å²) < 4.78 is 5.59. The monoisotopic (exact) mass is 389 g/mol. The molecule has 6 heteroatoms. The van der Waals surface area contributed by atoms with E-state index in [-0.39, 0.29) is 0 Å². The summed E-state index contributed by atoms with van der Waals surface area (Å²) in [6.45, 7) is 4.51. The number of guanidine groups is 1. The molecular formula is C23H27N5O. The first kappa shape index (κ1) is 19.2. The van der Waals surface area contributed by atoms with Gasteiger partial charge in [0.2, 0.25) is 5.89 Å². The molecule has 0 amide bonds. The second-order valence-corrected chi connectivity index (χ2v) is 7.16. The van der Waals surface area contributed by atoms with Gasteiger partial charge in [0.25, 0.3) is 0 Å². The van der Waals surface area contributed by atoms with Gasteiger partial charge in [-0.25, -0.2) is 4.98 Å². The fourth-order valence-corrected chi connectivity index (χ4v) is 3.57. The molecule has 0 bridgehead atoms. The van der Waals surface area contributed by atoms with Gasteiger partial charge in [-0.05, 0) is 29.7 Å². The molecule has 1 aliphatic rings. The van der Waals surface area contributed by atoms with E-state index in [1.807, 2.05) is 30.3 Å². The van der Waals surface area contributed by atoms with Crippen molar-refractivity contribution in [2.45, 2.75) is 19.5 Å². The van der Waals surface area contributed by atoms with Crippen molar-refractivity contribution in [3.05, 3.63) is 77.7 Å². The molecule has 6 nitrogen and oxygen atoms in total. The van der Waals surface area contributed by atoms with Crippen LogP contribution in [0.15, 0.2) is 70.3 Å². The van der Waals surface area contributed by atoms with Crippen LogP contribution in [-0.2, 0) is 19.5 Å². The van der Waals surface area contributed by atoms with Crippen molar-refractivity contribution in [2.24, 2.45) is 4.99 Å². The number of fused-ring (bicyclic) bond motifs is 1. The van der Waals surface area contributed by atoms with E-state index in [2.05, 4.69) is 49.8 Å². The highest BCUT2D eigenvalue weighted by molar-refractivity contribution is 5.79. The predicted octanol–water partition coefficient (Wildman–Crippen LogP) is 3.06. The van der Waals surface area contributed by atoms with E-state index in [9.17, 15) is 0 Å². The minimum Gasteiger partial charge on any atom is -0.444 e. The lowest BCUT2D eigenvalue weighted by molar-refractivity contribution is 0.258. The summed E-state index contributed by atoms with van der Waals surface area (Å²) in [4.78, 5) is 11.3. The molecule has 0 saturated heterocycles. The molecular weight excluding hydrogens is 362 g/mol. The van der Waals surface area contributed by atoms with Crippen LogP contribution in [0, 0.1) is 0 Å². The zero-order valence-electron chi connectivity index (χ0n) is 16.8. The lowest BCUT2D eigenvalue weighted by Gasteiger charge is -2.28. The van der Waals surface area contributed by atoms with E-state index in [0.29, 0.717) is 12.4 Å². The molecule has 0 atom stereocenters. The van der Waals surface area contributed by atoms with Crippen LogP contribution in [0.5, 0.6) is 0 Å². The Morgan fingerprint density at radius 1 is 1.07 bits per heavy atom. The number of benzene rings is 2. The van der Waals surface area contributed by atoms with Crippen LogP contribution in [-0.4, -0.2) is 42.5 Å². The Morgan fingerprint density at radius 2 is 1.86 bits per heavy atom. The van der Waals surface area contributed by atoms with Gasteiger partial charge in [-0.1, -0.05) is 42.5 Å². The molecule has 2 heterocycles. The van der Waals surface area contributed by atoms with Crippen molar-refractivity contribution in [1.82, 2.24) is 20.5 Å². The van der Waals surface area contributed by atoms with Crippen molar-refractivity contribution in [3.8, 4) is 11.5 Å². The number of rotatable bonds is 6. The van der Waals surface area contributed by atoms with Gasteiger partial charge in [-0.3, -0.25) is 9.89 Å². The number of nitrogens with zero attached hydrogens (tertiary/aromatic N) is 3. The second-order valence-electron chi connectivity index (χ2n) is 7.16. The zero-order chi connectivity index (χ0) is 19.9. The molecule has 1 aromatic heterocycles. The molecule has 29 heavy (non-hydrogen) atoms. The molecule has 4 rings (SSSR count). The van der Waals surface area contributed by atoms with Crippen LogP contribution in [0.2, 0.25) is 0 Å². The van der Waals surface area contributed by atoms with Crippen molar-refractivity contribution in [2.75, 3.05) is 26.7 Å². The summed E-state index contributed by atoms with van der Waals surface area (Å²) in [5, 5.41) is 6.69. The molecule has 0 spiro atoms. The van der Waals surface area contributed by atoms with Crippen LogP contribution >= 0.6 is 0 Å². The predicted molar refractivity (Wildman–Crippen MR) is 116 cm³/mol. The fourth-order valence-electron chi connectivity index (χ4n) is 3.57. The molecule has 0 saturated carbocycles. The molecule has 0 radical (unpaired) electrons. The zero-order valence-corrected chi connectivity index (χ0v) is 16.8. The molecule has 0 unspecified atom stereocenters. The summed E-state index contributed by atoms with van der Waals surface area (Å²) in [6, 6.07) is 18.6. The highest BCUT2D eigenvalue weighted by Gasteiger charge is 2.15. The molecule has 150 valence electrons. The van der Waals surface area contributed by atoms with Gasteiger partial charge in [-0.2, -0.15) is 0 Å². The van der Waals surface area contributed by atoms with E-state index < -0.39 is 0 Å². The molecule has 2 N–H and O–H groups in total. The van der Waals surface area contributed by atoms with E-state index in [0.717, 1.165) is 49.8 Å². The minimum atomic E-state index is 0.563. The number of oxazole rings is 1. The quantitative estimate of drug-likeness (QED) is 0.501. The second kappa shape index (κ2) is 9.39. The third-order valence-electron chi connectivity index (χ3n) is 5.16. The van der Waals surface area contributed by atoms with Gasteiger partial charge in [0.15, 0.2) is 5.96 Å². The number of aromatic nitrogens is 1. The first-order chi connectivity index (χ1) is 14.3. The van der Waals surface area contributed by atoms with Gasteiger partial charge in [0.1, 0.15) is 6.26 Å². The third-order valence-corrected chi connectivity index (χ3v) is 5.16. The molecule has 3 aromatic rings. The van der Waals surface area contributed by atoms with E-state index >= 15 is 0 Å². The van der Waals surface area contributed by atoms with Crippen LogP contribution in [0.4, 0.5) is 0 Å². The normalized spacial score (nSPS) is 14.4. The number of nitrogens with one attached hydrogen (secondary N) is 2. The average Bonchev–Trinajstić information content (AvgIpc) is 3.26. The Hall–Kier alpha value is -3.12. The molecule has 2 aromatic carbocycles. The molecule has 0 aliphatic carbocycles. The maximum atomic E-state index is 5.59. The summed E-state index contributed by atoms with van der Waals surface area (Å²) in [5.74, 6) is 1.40. The van der Waals surface area contributed by atoms with Crippen molar-refractivity contribution in [1.29, 1.82) is 0 Å². The van der Waals surface area contributed by atoms with Crippen molar-refractivity contribution in [3.63, 3.8) is 0 Å². The van der Waals surface area contributed by atoms with E-state index in [1.54, 1.807) is 13.3 Å². The number of hydrogen-bond acceptors (Lipinski definition) is 4. The lowest BCUT2D eigenvalue weighted by Crippen LogP contribution is -2.42. The Balaban J connectivity index is 1.22. The van der Waals surface area contributed by atoms with Gasteiger partial charge < -0.3 is 15.1 Å².